The first kappa shape index (κ1) is 19.2. The van der Waals surface area contributed by atoms with Crippen molar-refractivity contribution in [1.29, 1.82) is 0 Å². The number of carbonyl (C=O) groups excluding carboxylic acids is 1. The molecule has 0 unspecified atom stereocenters. The number of rotatable bonds is 7. The van der Waals surface area contributed by atoms with Crippen molar-refractivity contribution in [2.75, 3.05) is 7.11 Å². The van der Waals surface area contributed by atoms with Gasteiger partial charge in [0.25, 0.3) is 0 Å². The van der Waals surface area contributed by atoms with E-state index in [0.29, 0.717) is 24.8 Å². The van der Waals surface area contributed by atoms with Gasteiger partial charge in [0.15, 0.2) is 0 Å². The van der Waals surface area contributed by atoms with Gasteiger partial charge in [-0.25, -0.2) is 4.79 Å². The van der Waals surface area contributed by atoms with Crippen LogP contribution in [-0.2, 0) is 16.0 Å². The molecular weight excluding hydrogens is 340 g/mol. The molecule has 0 amide bonds. The number of ether oxygens (including phenoxy) is 1. The molecule has 0 spiro atoms. The highest BCUT2D eigenvalue weighted by molar-refractivity contribution is 5.89. The third-order valence-corrected chi connectivity index (χ3v) is 5.83. The number of aryl methyl sites for hydroxylation is 1. The van der Waals surface area contributed by atoms with Crippen LogP contribution in [0.25, 0.3) is 0 Å². The molecule has 1 N–H and O–H groups in total. The Hall–Kier alpha value is -2.62. The maximum Gasteiger partial charge on any atom is 0.337 e. The van der Waals surface area contributed by atoms with Gasteiger partial charge in [0, 0.05) is 0 Å². The van der Waals surface area contributed by atoms with Crippen LogP contribution in [0.3, 0.4) is 0 Å². The van der Waals surface area contributed by atoms with E-state index in [2.05, 4.69) is 12.1 Å². The van der Waals surface area contributed by atoms with Crippen molar-refractivity contribution < 1.29 is 19.4 Å². The van der Waals surface area contributed by atoms with E-state index in [1.165, 1.54) is 12.7 Å². The summed E-state index contributed by atoms with van der Waals surface area (Å²) >= 11 is 0. The Kier molecular flexibility index (Phi) is 5.94. The Morgan fingerprint density at radius 2 is 1.81 bits per heavy atom. The summed E-state index contributed by atoms with van der Waals surface area (Å²) in [6, 6.07) is 17.6. The molecule has 0 radical (unpaired) electrons. The van der Waals surface area contributed by atoms with E-state index in [1.54, 1.807) is 12.1 Å². The predicted octanol–water partition coefficient (Wildman–Crippen LogP) is 4.83. The SMILES string of the molecule is COC(=O)c1ccc([C@H]2CC[C@@](CCCc3ccccc3)(C(=O)O)C2)cc1. The molecule has 1 saturated carbocycles. The van der Waals surface area contributed by atoms with Crippen LogP contribution >= 0.6 is 0 Å². The number of carboxylic acid groups (broad SMARTS) is 1. The summed E-state index contributed by atoms with van der Waals surface area (Å²) in [7, 11) is 1.36. The van der Waals surface area contributed by atoms with Crippen LogP contribution in [0, 0.1) is 5.41 Å². The van der Waals surface area contributed by atoms with Crippen molar-refractivity contribution in [3.05, 3.63) is 71.3 Å². The summed E-state index contributed by atoms with van der Waals surface area (Å²) in [4.78, 5) is 23.6. The zero-order chi connectivity index (χ0) is 19.3. The lowest BCUT2D eigenvalue weighted by atomic mass is 9.79. The highest BCUT2D eigenvalue weighted by Gasteiger charge is 2.45. The first-order valence-corrected chi connectivity index (χ1v) is 9.50. The summed E-state index contributed by atoms with van der Waals surface area (Å²) in [6.07, 6.45) is 4.73. The monoisotopic (exact) mass is 366 g/mol. The van der Waals surface area contributed by atoms with Crippen LogP contribution in [0.2, 0.25) is 0 Å². The van der Waals surface area contributed by atoms with Crippen molar-refractivity contribution in [2.45, 2.75) is 44.4 Å². The molecule has 2 atom stereocenters. The van der Waals surface area contributed by atoms with Gasteiger partial charge in [-0.15, -0.1) is 0 Å². The summed E-state index contributed by atoms with van der Waals surface area (Å²) in [5, 5.41) is 9.91. The van der Waals surface area contributed by atoms with E-state index in [4.69, 9.17) is 4.74 Å². The van der Waals surface area contributed by atoms with Crippen LogP contribution in [0.5, 0.6) is 0 Å². The molecule has 1 fully saturated rings. The number of carbonyl (C=O) groups is 2. The molecule has 0 aromatic heterocycles. The van der Waals surface area contributed by atoms with Gasteiger partial charge in [-0.1, -0.05) is 42.5 Å². The number of esters is 1. The van der Waals surface area contributed by atoms with Crippen LogP contribution in [-0.4, -0.2) is 24.2 Å². The fraction of sp³-hybridized carbons (Fsp3) is 0.391. The standard InChI is InChI=1S/C23H26O4/c1-27-21(24)19-11-9-18(10-12-19)20-13-15-23(16-20,22(25)26)14-5-8-17-6-3-2-4-7-17/h2-4,6-7,9-12,20H,5,8,13-16H2,1H3,(H,25,26)/t20-,23+/m0/s1. The molecule has 1 aliphatic carbocycles. The van der Waals surface area contributed by atoms with Crippen LogP contribution < -0.4 is 0 Å². The Morgan fingerprint density at radius 1 is 1.11 bits per heavy atom. The molecule has 0 aliphatic heterocycles. The largest absolute Gasteiger partial charge is 0.481 e. The second-order valence-electron chi connectivity index (χ2n) is 7.48. The lowest BCUT2D eigenvalue weighted by molar-refractivity contribution is -0.149. The van der Waals surface area contributed by atoms with E-state index < -0.39 is 11.4 Å². The molecule has 0 saturated heterocycles. The molecule has 3 rings (SSSR count). The van der Waals surface area contributed by atoms with E-state index in [-0.39, 0.29) is 11.9 Å². The fourth-order valence-electron chi connectivity index (χ4n) is 4.22. The molecule has 1 aliphatic rings. The second kappa shape index (κ2) is 8.38. The molecule has 2 aromatic carbocycles. The van der Waals surface area contributed by atoms with Crippen molar-refractivity contribution in [2.24, 2.45) is 5.41 Å². The van der Waals surface area contributed by atoms with Gasteiger partial charge in [0.1, 0.15) is 0 Å². The first-order valence-electron chi connectivity index (χ1n) is 9.50. The predicted molar refractivity (Wildman–Crippen MR) is 104 cm³/mol. The first-order chi connectivity index (χ1) is 13.0. The lowest BCUT2D eigenvalue weighted by Crippen LogP contribution is -2.28. The summed E-state index contributed by atoms with van der Waals surface area (Å²) in [5.41, 5.74) is 2.24. The summed E-state index contributed by atoms with van der Waals surface area (Å²) < 4.78 is 4.73. The van der Waals surface area contributed by atoms with E-state index in [9.17, 15) is 14.7 Å². The van der Waals surface area contributed by atoms with Crippen molar-refractivity contribution in [3.8, 4) is 0 Å². The highest BCUT2D eigenvalue weighted by Crippen LogP contribution is 2.49. The Bertz CT molecular complexity index is 782. The molecule has 27 heavy (non-hydrogen) atoms. The van der Waals surface area contributed by atoms with E-state index in [1.807, 2.05) is 30.3 Å². The maximum atomic E-state index is 12.1. The summed E-state index contributed by atoms with van der Waals surface area (Å²) in [6.45, 7) is 0. The number of carboxylic acids is 1. The molecule has 4 nitrogen and oxygen atoms in total. The lowest BCUT2D eigenvalue weighted by Gasteiger charge is -2.24. The number of hydrogen-bond acceptors (Lipinski definition) is 3. The van der Waals surface area contributed by atoms with Crippen LogP contribution in [0.4, 0.5) is 0 Å². The summed E-state index contributed by atoms with van der Waals surface area (Å²) in [5.74, 6) is -0.803. The molecular formula is C23H26O4. The smallest absolute Gasteiger partial charge is 0.337 e. The van der Waals surface area contributed by atoms with Gasteiger partial charge in [-0.3, -0.25) is 4.79 Å². The van der Waals surface area contributed by atoms with Gasteiger partial charge in [0.2, 0.25) is 0 Å². The third kappa shape index (κ3) is 4.38. The molecule has 4 heteroatoms. The van der Waals surface area contributed by atoms with Crippen molar-refractivity contribution >= 4 is 11.9 Å². The van der Waals surface area contributed by atoms with Crippen molar-refractivity contribution in [1.82, 2.24) is 0 Å². The highest BCUT2D eigenvalue weighted by atomic mass is 16.5. The van der Waals surface area contributed by atoms with Crippen molar-refractivity contribution in [3.63, 3.8) is 0 Å². The Balaban J connectivity index is 1.64. The number of benzene rings is 2. The van der Waals surface area contributed by atoms with E-state index >= 15 is 0 Å². The second-order valence-corrected chi connectivity index (χ2v) is 7.48. The normalized spacial score (nSPS) is 21.7. The van der Waals surface area contributed by atoms with Gasteiger partial charge in [-0.05, 0) is 67.7 Å². The van der Waals surface area contributed by atoms with Crippen LogP contribution in [0.15, 0.2) is 54.6 Å². The zero-order valence-corrected chi connectivity index (χ0v) is 15.7. The minimum Gasteiger partial charge on any atom is -0.481 e. The minimum atomic E-state index is -0.677. The van der Waals surface area contributed by atoms with Gasteiger partial charge in [-0.2, -0.15) is 0 Å². The number of aliphatic carboxylic acids is 1. The zero-order valence-electron chi connectivity index (χ0n) is 15.7. The number of hydrogen-bond donors (Lipinski definition) is 1. The van der Waals surface area contributed by atoms with Gasteiger partial charge in [0.05, 0.1) is 18.1 Å². The van der Waals surface area contributed by atoms with Crippen LogP contribution in [0.1, 0.15) is 59.5 Å². The third-order valence-electron chi connectivity index (χ3n) is 5.83. The molecule has 142 valence electrons. The molecule has 2 aromatic rings. The molecule has 0 bridgehead atoms. The minimum absolute atomic E-state index is 0.226. The van der Waals surface area contributed by atoms with Gasteiger partial charge >= 0.3 is 11.9 Å². The molecule has 0 heterocycles. The fourth-order valence-corrected chi connectivity index (χ4v) is 4.22. The maximum absolute atomic E-state index is 12.1. The topological polar surface area (TPSA) is 63.6 Å². The Morgan fingerprint density at radius 3 is 2.44 bits per heavy atom. The van der Waals surface area contributed by atoms with Gasteiger partial charge < -0.3 is 9.84 Å². The average molecular weight is 366 g/mol. The number of methoxy groups -OCH3 is 1. The quantitative estimate of drug-likeness (QED) is 0.713. The average Bonchev–Trinajstić information content (AvgIpc) is 3.14. The van der Waals surface area contributed by atoms with E-state index in [0.717, 1.165) is 24.8 Å². The Labute approximate surface area is 160 Å².